The Hall–Kier alpha value is -3.34. The number of nitrogens with zero attached hydrogens (tertiary/aromatic N) is 1. The van der Waals surface area contributed by atoms with Crippen LogP contribution in [-0.2, 0) is 17.6 Å². The van der Waals surface area contributed by atoms with E-state index in [1.54, 1.807) is 19.2 Å². The molecule has 1 heterocycles. The molecule has 28 heavy (non-hydrogen) atoms. The van der Waals surface area contributed by atoms with E-state index in [1.807, 2.05) is 30.3 Å². The van der Waals surface area contributed by atoms with Crippen LogP contribution in [-0.4, -0.2) is 18.9 Å². The number of aryl methyl sites for hydroxylation is 1. The second-order valence-electron chi connectivity index (χ2n) is 7.09. The minimum absolute atomic E-state index is 0.0159. The topological polar surface area (TPSA) is 62.6 Å². The SMILES string of the molecule is CN(C(=O)c1ccco1)c1ccc(NC(=O)C2CCc3ccccc3C2)cc1. The lowest BCUT2D eigenvalue weighted by atomic mass is 9.83. The van der Waals surface area contributed by atoms with E-state index in [2.05, 4.69) is 23.5 Å². The van der Waals surface area contributed by atoms with Gasteiger partial charge in [0, 0.05) is 24.3 Å². The standard InChI is InChI=1S/C23H22N2O3/c1-25(23(27)21-7-4-14-28-21)20-12-10-19(11-13-20)24-22(26)18-9-8-16-5-2-3-6-17(16)15-18/h2-7,10-14,18H,8-9,15H2,1H3,(H,24,26). The number of carbonyl (C=O) groups excluding carboxylic acids is 2. The first-order valence-corrected chi connectivity index (χ1v) is 9.41. The average Bonchev–Trinajstić information content (AvgIpc) is 3.28. The molecule has 1 aliphatic carbocycles. The van der Waals surface area contributed by atoms with Crippen molar-refractivity contribution in [3.63, 3.8) is 0 Å². The number of amides is 2. The lowest BCUT2D eigenvalue weighted by Crippen LogP contribution is -2.28. The zero-order valence-corrected chi connectivity index (χ0v) is 15.7. The highest BCUT2D eigenvalue weighted by atomic mass is 16.3. The minimum atomic E-state index is -0.220. The number of rotatable bonds is 4. The van der Waals surface area contributed by atoms with Gasteiger partial charge < -0.3 is 14.6 Å². The summed E-state index contributed by atoms with van der Waals surface area (Å²) in [5, 5.41) is 3.00. The molecule has 142 valence electrons. The van der Waals surface area contributed by atoms with Crippen LogP contribution in [0.3, 0.4) is 0 Å². The van der Waals surface area contributed by atoms with E-state index in [9.17, 15) is 9.59 Å². The molecule has 0 radical (unpaired) electrons. The molecule has 1 aliphatic rings. The number of anilines is 2. The molecule has 1 N–H and O–H groups in total. The third-order valence-corrected chi connectivity index (χ3v) is 5.28. The number of hydrogen-bond acceptors (Lipinski definition) is 3. The molecule has 0 spiro atoms. The van der Waals surface area contributed by atoms with Crippen LogP contribution in [0.4, 0.5) is 11.4 Å². The summed E-state index contributed by atoms with van der Waals surface area (Å²) in [6.45, 7) is 0. The van der Waals surface area contributed by atoms with E-state index in [0.717, 1.165) is 30.6 Å². The summed E-state index contributed by atoms with van der Waals surface area (Å²) in [5.74, 6) is 0.0974. The predicted molar refractivity (Wildman–Crippen MR) is 108 cm³/mol. The van der Waals surface area contributed by atoms with Crippen LogP contribution in [0.2, 0.25) is 0 Å². The van der Waals surface area contributed by atoms with Crippen LogP contribution in [0.25, 0.3) is 0 Å². The van der Waals surface area contributed by atoms with Crippen LogP contribution >= 0.6 is 0 Å². The van der Waals surface area contributed by atoms with E-state index in [1.165, 1.54) is 22.3 Å². The first-order chi connectivity index (χ1) is 13.6. The van der Waals surface area contributed by atoms with Gasteiger partial charge in [-0.1, -0.05) is 24.3 Å². The van der Waals surface area contributed by atoms with Gasteiger partial charge in [0.25, 0.3) is 5.91 Å². The molecule has 3 aromatic rings. The molecule has 5 nitrogen and oxygen atoms in total. The van der Waals surface area contributed by atoms with Gasteiger partial charge >= 0.3 is 0 Å². The molecule has 2 amide bonds. The van der Waals surface area contributed by atoms with Crippen molar-refractivity contribution in [3.8, 4) is 0 Å². The van der Waals surface area contributed by atoms with Gasteiger partial charge in [0.1, 0.15) is 0 Å². The van der Waals surface area contributed by atoms with Gasteiger partial charge in [-0.15, -0.1) is 0 Å². The largest absolute Gasteiger partial charge is 0.459 e. The summed E-state index contributed by atoms with van der Waals surface area (Å²) >= 11 is 0. The molecule has 1 atom stereocenters. The first-order valence-electron chi connectivity index (χ1n) is 9.41. The van der Waals surface area contributed by atoms with Crippen molar-refractivity contribution in [1.82, 2.24) is 0 Å². The number of furan rings is 1. The number of nitrogens with one attached hydrogen (secondary N) is 1. The van der Waals surface area contributed by atoms with Crippen molar-refractivity contribution in [3.05, 3.63) is 83.8 Å². The summed E-state index contributed by atoms with van der Waals surface area (Å²) in [6, 6.07) is 18.9. The first kappa shape index (κ1) is 18.0. The highest BCUT2D eigenvalue weighted by molar-refractivity contribution is 6.04. The van der Waals surface area contributed by atoms with Crippen molar-refractivity contribution in [2.24, 2.45) is 5.92 Å². The summed E-state index contributed by atoms with van der Waals surface area (Å²) in [6.07, 6.45) is 4.05. The normalized spacial score (nSPS) is 15.5. The van der Waals surface area contributed by atoms with Crippen molar-refractivity contribution in [2.75, 3.05) is 17.3 Å². The highest BCUT2D eigenvalue weighted by Crippen LogP contribution is 2.27. The van der Waals surface area contributed by atoms with Gasteiger partial charge in [0.05, 0.1) is 6.26 Å². The molecular formula is C23H22N2O3. The van der Waals surface area contributed by atoms with Crippen LogP contribution in [0, 0.1) is 5.92 Å². The second-order valence-corrected chi connectivity index (χ2v) is 7.09. The third kappa shape index (κ3) is 3.69. The van der Waals surface area contributed by atoms with Crippen LogP contribution in [0.15, 0.2) is 71.3 Å². The van der Waals surface area contributed by atoms with Gasteiger partial charge in [-0.05, 0) is 66.8 Å². The maximum atomic E-state index is 12.7. The Balaban J connectivity index is 1.39. The van der Waals surface area contributed by atoms with Gasteiger partial charge in [0.15, 0.2) is 5.76 Å². The monoisotopic (exact) mass is 374 g/mol. The molecule has 1 aromatic heterocycles. The Morgan fingerprint density at radius 1 is 1.00 bits per heavy atom. The maximum Gasteiger partial charge on any atom is 0.293 e. The van der Waals surface area contributed by atoms with Crippen molar-refractivity contribution in [1.29, 1.82) is 0 Å². The second kappa shape index (κ2) is 7.72. The quantitative estimate of drug-likeness (QED) is 0.741. The molecule has 1 unspecified atom stereocenters. The summed E-state index contributed by atoms with van der Waals surface area (Å²) in [4.78, 5) is 26.5. The van der Waals surface area contributed by atoms with Gasteiger partial charge in [-0.3, -0.25) is 9.59 Å². The zero-order chi connectivity index (χ0) is 19.5. The van der Waals surface area contributed by atoms with E-state index >= 15 is 0 Å². The van der Waals surface area contributed by atoms with Gasteiger partial charge in [-0.25, -0.2) is 0 Å². The van der Waals surface area contributed by atoms with E-state index in [4.69, 9.17) is 4.42 Å². The number of fused-ring (bicyclic) bond motifs is 1. The van der Waals surface area contributed by atoms with Crippen molar-refractivity contribution in [2.45, 2.75) is 19.3 Å². The summed E-state index contributed by atoms with van der Waals surface area (Å²) < 4.78 is 5.16. The number of hydrogen-bond donors (Lipinski definition) is 1. The molecule has 0 saturated heterocycles. The molecule has 0 fully saturated rings. The molecular weight excluding hydrogens is 352 g/mol. The van der Waals surface area contributed by atoms with Crippen molar-refractivity contribution < 1.29 is 14.0 Å². The fourth-order valence-electron chi connectivity index (χ4n) is 3.62. The Morgan fingerprint density at radius 3 is 2.46 bits per heavy atom. The fraction of sp³-hybridized carbons (Fsp3) is 0.217. The third-order valence-electron chi connectivity index (χ3n) is 5.28. The van der Waals surface area contributed by atoms with E-state index < -0.39 is 0 Å². The van der Waals surface area contributed by atoms with E-state index in [0.29, 0.717) is 0 Å². The zero-order valence-electron chi connectivity index (χ0n) is 15.7. The van der Waals surface area contributed by atoms with Crippen LogP contribution in [0.5, 0.6) is 0 Å². The Labute approximate surface area is 164 Å². The molecule has 2 aromatic carbocycles. The molecule has 0 bridgehead atoms. The van der Waals surface area contributed by atoms with Gasteiger partial charge in [0.2, 0.25) is 5.91 Å². The molecule has 0 saturated carbocycles. The lowest BCUT2D eigenvalue weighted by molar-refractivity contribution is -0.120. The van der Waals surface area contributed by atoms with Crippen LogP contribution < -0.4 is 10.2 Å². The smallest absolute Gasteiger partial charge is 0.293 e. The predicted octanol–water partition coefficient (Wildman–Crippen LogP) is 4.30. The highest BCUT2D eigenvalue weighted by Gasteiger charge is 2.24. The Morgan fingerprint density at radius 2 is 1.75 bits per heavy atom. The number of benzene rings is 2. The van der Waals surface area contributed by atoms with Gasteiger partial charge in [-0.2, -0.15) is 0 Å². The summed E-state index contributed by atoms with van der Waals surface area (Å²) in [7, 11) is 1.69. The molecule has 4 rings (SSSR count). The minimum Gasteiger partial charge on any atom is -0.459 e. The Bertz CT molecular complexity index is 977. The molecule has 0 aliphatic heterocycles. The fourth-order valence-corrected chi connectivity index (χ4v) is 3.62. The Kier molecular flexibility index (Phi) is 4.98. The average molecular weight is 374 g/mol. The maximum absolute atomic E-state index is 12.7. The summed E-state index contributed by atoms with van der Waals surface area (Å²) in [5.41, 5.74) is 4.07. The lowest BCUT2D eigenvalue weighted by Gasteiger charge is -2.24. The van der Waals surface area contributed by atoms with E-state index in [-0.39, 0.29) is 23.5 Å². The molecule has 5 heteroatoms. The van der Waals surface area contributed by atoms with Crippen LogP contribution in [0.1, 0.15) is 28.1 Å². The number of carbonyl (C=O) groups is 2. The van der Waals surface area contributed by atoms with Crippen molar-refractivity contribution >= 4 is 23.2 Å².